The van der Waals surface area contributed by atoms with Gasteiger partial charge in [-0.3, -0.25) is 4.79 Å². The molecule has 20 heavy (non-hydrogen) atoms. The van der Waals surface area contributed by atoms with Gasteiger partial charge in [0.15, 0.2) is 0 Å². The van der Waals surface area contributed by atoms with Crippen LogP contribution in [0.25, 0.3) is 10.8 Å². The fraction of sp³-hybridized carbons (Fsp3) is 0.312. The number of carbonyl (C=O) groups is 1. The van der Waals surface area contributed by atoms with Crippen LogP contribution in [0.15, 0.2) is 42.5 Å². The molecule has 0 aliphatic heterocycles. The summed E-state index contributed by atoms with van der Waals surface area (Å²) in [5.41, 5.74) is 0.744. The number of fused-ring (bicyclic) bond motifs is 1. The van der Waals surface area contributed by atoms with Crippen molar-refractivity contribution in [2.75, 3.05) is 19.6 Å². The molecule has 0 aliphatic rings. The standard InChI is InChI=1S/C16H20N2O.ClH/c1-2-10-17-11-12-18-16(19)15-9-5-7-13-6-3-4-8-14(13)15;/h3-9,17H,2,10-12H2,1H3,(H,18,19);1H. The third kappa shape index (κ3) is 4.22. The summed E-state index contributed by atoms with van der Waals surface area (Å²) in [5.74, 6) is -0.00454. The molecule has 0 atom stereocenters. The molecule has 2 aromatic rings. The van der Waals surface area contributed by atoms with Gasteiger partial charge in [-0.25, -0.2) is 0 Å². The van der Waals surface area contributed by atoms with E-state index in [0.717, 1.165) is 35.8 Å². The summed E-state index contributed by atoms with van der Waals surface area (Å²) in [6, 6.07) is 13.8. The van der Waals surface area contributed by atoms with Gasteiger partial charge in [0.25, 0.3) is 5.91 Å². The van der Waals surface area contributed by atoms with Crippen LogP contribution in [0.1, 0.15) is 23.7 Å². The summed E-state index contributed by atoms with van der Waals surface area (Å²) < 4.78 is 0. The number of benzene rings is 2. The number of amides is 1. The molecule has 0 heterocycles. The zero-order valence-corrected chi connectivity index (χ0v) is 12.5. The molecule has 1 amide bonds. The Hall–Kier alpha value is -1.58. The van der Waals surface area contributed by atoms with Gasteiger partial charge in [-0.15, -0.1) is 12.4 Å². The average molecular weight is 293 g/mol. The number of hydrogen-bond donors (Lipinski definition) is 2. The Morgan fingerprint density at radius 3 is 2.55 bits per heavy atom. The molecule has 2 aromatic carbocycles. The predicted molar refractivity (Wildman–Crippen MR) is 86.7 cm³/mol. The smallest absolute Gasteiger partial charge is 0.251 e. The van der Waals surface area contributed by atoms with E-state index >= 15 is 0 Å². The van der Waals surface area contributed by atoms with Crippen molar-refractivity contribution in [2.24, 2.45) is 0 Å². The molecule has 4 heteroatoms. The van der Waals surface area contributed by atoms with Crippen LogP contribution in [0.5, 0.6) is 0 Å². The number of rotatable bonds is 6. The summed E-state index contributed by atoms with van der Waals surface area (Å²) in [6.07, 6.45) is 1.11. The largest absolute Gasteiger partial charge is 0.351 e. The molecular formula is C16H21ClN2O. The van der Waals surface area contributed by atoms with E-state index < -0.39 is 0 Å². The van der Waals surface area contributed by atoms with Gasteiger partial charge in [-0.2, -0.15) is 0 Å². The molecule has 0 unspecified atom stereocenters. The lowest BCUT2D eigenvalue weighted by atomic mass is 10.0. The van der Waals surface area contributed by atoms with E-state index in [2.05, 4.69) is 17.6 Å². The van der Waals surface area contributed by atoms with Crippen molar-refractivity contribution in [3.63, 3.8) is 0 Å². The maximum atomic E-state index is 12.2. The summed E-state index contributed by atoms with van der Waals surface area (Å²) in [4.78, 5) is 12.2. The monoisotopic (exact) mass is 292 g/mol. The van der Waals surface area contributed by atoms with E-state index in [1.54, 1.807) is 0 Å². The Morgan fingerprint density at radius 1 is 1.00 bits per heavy atom. The zero-order chi connectivity index (χ0) is 13.5. The molecule has 108 valence electrons. The second-order valence-corrected chi connectivity index (χ2v) is 4.53. The van der Waals surface area contributed by atoms with E-state index in [-0.39, 0.29) is 18.3 Å². The maximum Gasteiger partial charge on any atom is 0.251 e. The molecular weight excluding hydrogens is 272 g/mol. The lowest BCUT2D eigenvalue weighted by Crippen LogP contribution is -2.32. The Bertz CT molecular complexity index is 552. The van der Waals surface area contributed by atoms with Crippen molar-refractivity contribution >= 4 is 29.1 Å². The highest BCUT2D eigenvalue weighted by Gasteiger charge is 2.08. The van der Waals surface area contributed by atoms with Crippen LogP contribution >= 0.6 is 12.4 Å². The summed E-state index contributed by atoms with van der Waals surface area (Å²) in [7, 11) is 0. The number of hydrogen-bond acceptors (Lipinski definition) is 2. The van der Waals surface area contributed by atoms with Crippen LogP contribution in [0.2, 0.25) is 0 Å². The molecule has 0 spiro atoms. The first-order valence-corrected chi connectivity index (χ1v) is 6.79. The first kappa shape index (κ1) is 16.5. The summed E-state index contributed by atoms with van der Waals surface area (Å²) in [5, 5.41) is 8.31. The fourth-order valence-corrected chi connectivity index (χ4v) is 2.08. The lowest BCUT2D eigenvalue weighted by molar-refractivity contribution is 0.0955. The Kier molecular flexibility index (Phi) is 7.05. The van der Waals surface area contributed by atoms with Gasteiger partial charge in [-0.1, -0.05) is 43.3 Å². The number of nitrogens with one attached hydrogen (secondary N) is 2. The van der Waals surface area contributed by atoms with E-state index in [9.17, 15) is 4.79 Å². The number of halogens is 1. The molecule has 0 radical (unpaired) electrons. The van der Waals surface area contributed by atoms with Gasteiger partial charge < -0.3 is 10.6 Å². The highest BCUT2D eigenvalue weighted by atomic mass is 35.5. The van der Waals surface area contributed by atoms with E-state index in [0.29, 0.717) is 6.54 Å². The van der Waals surface area contributed by atoms with Crippen LogP contribution in [-0.2, 0) is 0 Å². The first-order chi connectivity index (χ1) is 9.33. The molecule has 2 N–H and O–H groups in total. The second-order valence-electron chi connectivity index (χ2n) is 4.53. The minimum atomic E-state index is -0.00454. The van der Waals surface area contributed by atoms with Gasteiger partial charge >= 0.3 is 0 Å². The highest BCUT2D eigenvalue weighted by Crippen LogP contribution is 2.18. The Labute approximate surface area is 126 Å². The lowest BCUT2D eigenvalue weighted by Gasteiger charge is -2.08. The van der Waals surface area contributed by atoms with Crippen molar-refractivity contribution in [1.82, 2.24) is 10.6 Å². The van der Waals surface area contributed by atoms with Gasteiger partial charge in [0.2, 0.25) is 0 Å². The highest BCUT2D eigenvalue weighted by molar-refractivity contribution is 6.06. The molecule has 0 fully saturated rings. The van der Waals surface area contributed by atoms with E-state index in [1.807, 2.05) is 42.5 Å². The SMILES string of the molecule is CCCNCCNC(=O)c1cccc2ccccc12.Cl. The fourth-order valence-electron chi connectivity index (χ4n) is 2.08. The van der Waals surface area contributed by atoms with Crippen LogP contribution < -0.4 is 10.6 Å². The summed E-state index contributed by atoms with van der Waals surface area (Å²) >= 11 is 0. The van der Waals surface area contributed by atoms with Crippen molar-refractivity contribution in [3.05, 3.63) is 48.0 Å². The molecule has 0 saturated heterocycles. The van der Waals surface area contributed by atoms with E-state index in [1.165, 1.54) is 0 Å². The predicted octanol–water partition coefficient (Wildman–Crippen LogP) is 2.99. The maximum absolute atomic E-state index is 12.2. The zero-order valence-electron chi connectivity index (χ0n) is 11.7. The molecule has 0 bridgehead atoms. The minimum absolute atomic E-state index is 0. The van der Waals surface area contributed by atoms with Crippen LogP contribution in [0.4, 0.5) is 0 Å². The molecule has 0 saturated carbocycles. The van der Waals surface area contributed by atoms with Crippen molar-refractivity contribution in [2.45, 2.75) is 13.3 Å². The minimum Gasteiger partial charge on any atom is -0.351 e. The van der Waals surface area contributed by atoms with Gasteiger partial charge in [0.1, 0.15) is 0 Å². The second kappa shape index (κ2) is 8.56. The van der Waals surface area contributed by atoms with Crippen molar-refractivity contribution < 1.29 is 4.79 Å². The third-order valence-corrected chi connectivity index (χ3v) is 3.05. The Morgan fingerprint density at radius 2 is 1.75 bits per heavy atom. The normalized spacial score (nSPS) is 10.1. The third-order valence-electron chi connectivity index (χ3n) is 3.05. The summed E-state index contributed by atoms with van der Waals surface area (Å²) in [6.45, 7) is 4.58. The van der Waals surface area contributed by atoms with Crippen molar-refractivity contribution in [1.29, 1.82) is 0 Å². The molecule has 0 aliphatic carbocycles. The average Bonchev–Trinajstić information content (AvgIpc) is 2.46. The molecule has 2 rings (SSSR count). The van der Waals surface area contributed by atoms with Crippen molar-refractivity contribution in [3.8, 4) is 0 Å². The van der Waals surface area contributed by atoms with Gasteiger partial charge in [0.05, 0.1) is 0 Å². The van der Waals surface area contributed by atoms with Gasteiger partial charge in [-0.05, 0) is 29.8 Å². The number of carbonyl (C=O) groups excluding carboxylic acids is 1. The van der Waals surface area contributed by atoms with Crippen LogP contribution in [0.3, 0.4) is 0 Å². The quantitative estimate of drug-likeness (QED) is 0.804. The van der Waals surface area contributed by atoms with Gasteiger partial charge in [0, 0.05) is 18.7 Å². The Balaban J connectivity index is 0.00000200. The van der Waals surface area contributed by atoms with Crippen LogP contribution in [-0.4, -0.2) is 25.5 Å². The van der Waals surface area contributed by atoms with Crippen LogP contribution in [0, 0.1) is 0 Å². The molecule has 0 aromatic heterocycles. The molecule has 3 nitrogen and oxygen atoms in total. The first-order valence-electron chi connectivity index (χ1n) is 6.79. The van der Waals surface area contributed by atoms with E-state index in [4.69, 9.17) is 0 Å². The topological polar surface area (TPSA) is 41.1 Å².